The molecule has 1 saturated carbocycles. The number of nitrogens with zero attached hydrogens (tertiary/aromatic N) is 2. The van der Waals surface area contributed by atoms with Crippen molar-refractivity contribution < 1.29 is 4.79 Å². The number of halogens is 1. The summed E-state index contributed by atoms with van der Waals surface area (Å²) in [6.45, 7) is 0. The van der Waals surface area contributed by atoms with Gasteiger partial charge in [-0.25, -0.2) is 9.97 Å². The summed E-state index contributed by atoms with van der Waals surface area (Å²) in [6, 6.07) is 7.49. The van der Waals surface area contributed by atoms with E-state index >= 15 is 0 Å². The molecule has 5 nitrogen and oxygen atoms in total. The number of carbonyl (C=O) groups is 1. The lowest BCUT2D eigenvalue weighted by Crippen LogP contribution is -2.13. The summed E-state index contributed by atoms with van der Waals surface area (Å²) in [7, 11) is 0. The predicted molar refractivity (Wildman–Crippen MR) is 80.8 cm³/mol. The fraction of sp³-hybridized carbons (Fsp3) is 0.214. The van der Waals surface area contributed by atoms with E-state index in [-0.39, 0.29) is 11.8 Å². The third-order valence-corrected chi connectivity index (χ3v) is 3.39. The second-order valence-corrected chi connectivity index (χ2v) is 5.61. The molecule has 0 saturated heterocycles. The number of nitrogens with one attached hydrogen (secondary N) is 2. The Balaban J connectivity index is 1.63. The van der Waals surface area contributed by atoms with Crippen molar-refractivity contribution in [2.24, 2.45) is 5.92 Å². The highest BCUT2D eigenvalue weighted by molar-refractivity contribution is 9.10. The van der Waals surface area contributed by atoms with Gasteiger partial charge in [-0.05, 0) is 53.0 Å². The fourth-order valence-corrected chi connectivity index (χ4v) is 1.94. The van der Waals surface area contributed by atoms with Crippen LogP contribution in [0.1, 0.15) is 12.8 Å². The predicted octanol–water partition coefficient (Wildman–Crippen LogP) is 3.33. The summed E-state index contributed by atoms with van der Waals surface area (Å²) in [6.07, 6.45) is 5.37. The zero-order chi connectivity index (χ0) is 13.9. The lowest BCUT2D eigenvalue weighted by atomic mass is 10.2. The maximum absolute atomic E-state index is 11.6. The highest BCUT2D eigenvalue weighted by Gasteiger charge is 2.29. The van der Waals surface area contributed by atoms with Gasteiger partial charge in [-0.15, -0.1) is 0 Å². The average Bonchev–Trinajstić information content (AvgIpc) is 3.28. The van der Waals surface area contributed by atoms with Crippen LogP contribution >= 0.6 is 15.9 Å². The number of aromatic nitrogens is 2. The topological polar surface area (TPSA) is 66.9 Å². The molecule has 0 radical (unpaired) electrons. The Bertz CT molecular complexity index is 608. The van der Waals surface area contributed by atoms with E-state index < -0.39 is 0 Å². The average molecular weight is 333 g/mol. The normalized spacial score (nSPS) is 13.8. The second-order valence-electron chi connectivity index (χ2n) is 4.69. The van der Waals surface area contributed by atoms with Gasteiger partial charge in [0.2, 0.25) is 11.9 Å². The van der Waals surface area contributed by atoms with Crippen LogP contribution in [0.25, 0.3) is 0 Å². The molecule has 20 heavy (non-hydrogen) atoms. The Morgan fingerprint density at radius 2 is 1.70 bits per heavy atom. The number of hydrogen-bond acceptors (Lipinski definition) is 4. The highest BCUT2D eigenvalue weighted by atomic mass is 79.9. The molecule has 1 fully saturated rings. The number of carbonyl (C=O) groups excluding carboxylic acids is 1. The summed E-state index contributed by atoms with van der Waals surface area (Å²) in [5.41, 5.74) is 1.68. The Hall–Kier alpha value is -1.95. The number of rotatable bonds is 4. The summed E-state index contributed by atoms with van der Waals surface area (Å²) in [4.78, 5) is 19.9. The number of amides is 1. The molecular formula is C14H13BrN4O. The minimum Gasteiger partial charge on any atom is -0.326 e. The Labute approximate surface area is 125 Å². The molecule has 1 aliphatic rings. The van der Waals surface area contributed by atoms with Gasteiger partial charge in [0, 0.05) is 29.7 Å². The van der Waals surface area contributed by atoms with E-state index in [4.69, 9.17) is 0 Å². The zero-order valence-electron chi connectivity index (χ0n) is 10.6. The Morgan fingerprint density at radius 3 is 2.30 bits per heavy atom. The lowest BCUT2D eigenvalue weighted by molar-refractivity contribution is -0.117. The third kappa shape index (κ3) is 3.33. The van der Waals surface area contributed by atoms with E-state index in [9.17, 15) is 4.79 Å². The first-order valence-electron chi connectivity index (χ1n) is 6.36. The Kier molecular flexibility index (Phi) is 3.64. The molecule has 0 spiro atoms. The van der Waals surface area contributed by atoms with Crippen LogP contribution in [-0.4, -0.2) is 15.9 Å². The maximum atomic E-state index is 11.6. The van der Waals surface area contributed by atoms with Crippen LogP contribution < -0.4 is 10.6 Å². The second kappa shape index (κ2) is 5.58. The molecule has 2 aromatic rings. The van der Waals surface area contributed by atoms with Gasteiger partial charge in [-0.1, -0.05) is 0 Å². The van der Waals surface area contributed by atoms with E-state index in [1.165, 1.54) is 0 Å². The van der Waals surface area contributed by atoms with E-state index in [0.29, 0.717) is 5.95 Å². The molecule has 6 heteroatoms. The molecule has 0 unspecified atom stereocenters. The molecular weight excluding hydrogens is 320 g/mol. The molecule has 1 heterocycles. The molecule has 0 aliphatic heterocycles. The van der Waals surface area contributed by atoms with E-state index in [0.717, 1.165) is 28.7 Å². The van der Waals surface area contributed by atoms with Gasteiger partial charge >= 0.3 is 0 Å². The number of benzene rings is 1. The van der Waals surface area contributed by atoms with Crippen LogP contribution in [-0.2, 0) is 4.79 Å². The van der Waals surface area contributed by atoms with Crippen LogP contribution in [0.3, 0.4) is 0 Å². The standard InChI is InChI=1S/C14H13BrN4O/c15-10-7-16-14(17-8-10)19-12-5-3-11(4-6-12)18-13(20)9-1-2-9/h3-9H,1-2H2,(H,18,20)(H,16,17,19). The van der Waals surface area contributed by atoms with Crippen molar-refractivity contribution in [3.05, 3.63) is 41.1 Å². The van der Waals surface area contributed by atoms with Crippen LogP contribution in [0.4, 0.5) is 17.3 Å². The van der Waals surface area contributed by atoms with Gasteiger partial charge in [-0.3, -0.25) is 4.79 Å². The summed E-state index contributed by atoms with van der Waals surface area (Å²) < 4.78 is 0.834. The van der Waals surface area contributed by atoms with Crippen LogP contribution in [0.15, 0.2) is 41.1 Å². The van der Waals surface area contributed by atoms with Gasteiger partial charge in [0.15, 0.2) is 0 Å². The first-order valence-corrected chi connectivity index (χ1v) is 7.15. The van der Waals surface area contributed by atoms with Gasteiger partial charge in [-0.2, -0.15) is 0 Å². The van der Waals surface area contributed by atoms with Crippen molar-refractivity contribution in [1.82, 2.24) is 9.97 Å². The maximum Gasteiger partial charge on any atom is 0.227 e. The summed E-state index contributed by atoms with van der Waals surface area (Å²) in [5.74, 6) is 0.855. The van der Waals surface area contributed by atoms with Crippen LogP contribution in [0, 0.1) is 5.92 Å². The SMILES string of the molecule is O=C(Nc1ccc(Nc2ncc(Br)cn2)cc1)C1CC1. The minimum atomic E-state index is 0.113. The fourth-order valence-electron chi connectivity index (χ4n) is 1.73. The van der Waals surface area contributed by atoms with Gasteiger partial charge in [0.25, 0.3) is 0 Å². The number of anilines is 3. The molecule has 3 rings (SSSR count). The highest BCUT2D eigenvalue weighted by Crippen LogP contribution is 2.30. The van der Waals surface area contributed by atoms with Gasteiger partial charge in [0.1, 0.15) is 0 Å². The van der Waals surface area contributed by atoms with Crippen LogP contribution in [0.2, 0.25) is 0 Å². The molecule has 1 aliphatic carbocycles. The van der Waals surface area contributed by atoms with Crippen LogP contribution in [0.5, 0.6) is 0 Å². The molecule has 1 aromatic heterocycles. The van der Waals surface area contributed by atoms with Gasteiger partial charge < -0.3 is 10.6 Å². The first-order chi connectivity index (χ1) is 9.70. The molecule has 102 valence electrons. The van der Waals surface area contributed by atoms with Gasteiger partial charge in [0.05, 0.1) is 4.47 Å². The van der Waals surface area contributed by atoms with E-state index in [1.807, 2.05) is 24.3 Å². The largest absolute Gasteiger partial charge is 0.326 e. The molecule has 0 atom stereocenters. The van der Waals surface area contributed by atoms with Crippen molar-refractivity contribution >= 4 is 39.2 Å². The monoisotopic (exact) mass is 332 g/mol. The minimum absolute atomic E-state index is 0.113. The third-order valence-electron chi connectivity index (χ3n) is 2.98. The zero-order valence-corrected chi connectivity index (χ0v) is 12.2. The molecule has 1 amide bonds. The van der Waals surface area contributed by atoms with E-state index in [2.05, 4.69) is 36.5 Å². The van der Waals surface area contributed by atoms with E-state index in [1.54, 1.807) is 12.4 Å². The van der Waals surface area contributed by atoms with Crippen molar-refractivity contribution in [1.29, 1.82) is 0 Å². The summed E-state index contributed by atoms with van der Waals surface area (Å²) in [5, 5.41) is 5.99. The van der Waals surface area contributed by atoms with Crippen molar-refractivity contribution in [2.75, 3.05) is 10.6 Å². The lowest BCUT2D eigenvalue weighted by Gasteiger charge is -2.07. The quantitative estimate of drug-likeness (QED) is 0.901. The molecule has 2 N–H and O–H groups in total. The number of hydrogen-bond donors (Lipinski definition) is 2. The molecule has 0 bridgehead atoms. The van der Waals surface area contributed by atoms with Crippen molar-refractivity contribution in [3.8, 4) is 0 Å². The van der Waals surface area contributed by atoms with Crippen molar-refractivity contribution in [3.63, 3.8) is 0 Å². The summed E-state index contributed by atoms with van der Waals surface area (Å²) >= 11 is 3.29. The first kappa shape index (κ1) is 13.1. The Morgan fingerprint density at radius 1 is 1.10 bits per heavy atom. The van der Waals surface area contributed by atoms with Crippen molar-refractivity contribution in [2.45, 2.75) is 12.8 Å². The smallest absolute Gasteiger partial charge is 0.227 e. The molecule has 1 aromatic carbocycles.